The third-order valence-corrected chi connectivity index (χ3v) is 3.70. The quantitative estimate of drug-likeness (QED) is 0.781. The van der Waals surface area contributed by atoms with Crippen LogP contribution in [-0.2, 0) is 9.53 Å². The Morgan fingerprint density at radius 3 is 2.29 bits per heavy atom. The lowest BCUT2D eigenvalue weighted by atomic mass is 10.0. The highest BCUT2D eigenvalue weighted by atomic mass is 16.5. The number of aliphatic hydroxyl groups excluding tert-OH is 1. The van der Waals surface area contributed by atoms with Gasteiger partial charge in [0, 0.05) is 19.3 Å². The topological polar surface area (TPSA) is 61.8 Å². The first kappa shape index (κ1) is 18.1. The van der Waals surface area contributed by atoms with Crippen molar-refractivity contribution in [2.45, 2.75) is 12.1 Å². The molecule has 24 heavy (non-hydrogen) atoms. The van der Waals surface area contributed by atoms with E-state index in [4.69, 9.17) is 4.74 Å². The number of carbonyl (C=O) groups excluding carboxylic acids is 1. The molecular formula is C19H24N2O3. The number of rotatable bonds is 8. The number of ether oxygens (including phenoxy) is 1. The van der Waals surface area contributed by atoms with E-state index in [0.29, 0.717) is 6.54 Å². The number of anilines is 1. The van der Waals surface area contributed by atoms with Gasteiger partial charge in [-0.2, -0.15) is 0 Å². The highest BCUT2D eigenvalue weighted by molar-refractivity contribution is 5.95. The molecule has 0 aliphatic heterocycles. The molecule has 1 amide bonds. The summed E-state index contributed by atoms with van der Waals surface area (Å²) in [5.41, 5.74) is 1.62. The summed E-state index contributed by atoms with van der Waals surface area (Å²) in [6.07, 6.45) is -0.657. The number of amides is 1. The van der Waals surface area contributed by atoms with Crippen molar-refractivity contribution in [2.75, 3.05) is 32.6 Å². The summed E-state index contributed by atoms with van der Waals surface area (Å²) >= 11 is 0. The summed E-state index contributed by atoms with van der Waals surface area (Å²) in [6.45, 7) is 0.557. The molecule has 2 aromatic rings. The van der Waals surface area contributed by atoms with Crippen LogP contribution in [0.4, 0.5) is 5.69 Å². The van der Waals surface area contributed by atoms with Gasteiger partial charge in [0.15, 0.2) is 0 Å². The van der Waals surface area contributed by atoms with E-state index < -0.39 is 12.1 Å². The molecule has 2 aromatic carbocycles. The van der Waals surface area contributed by atoms with E-state index in [1.165, 1.54) is 0 Å². The fourth-order valence-electron chi connectivity index (χ4n) is 2.66. The van der Waals surface area contributed by atoms with Crippen molar-refractivity contribution in [3.05, 3.63) is 66.2 Å². The first-order valence-corrected chi connectivity index (χ1v) is 7.90. The zero-order chi connectivity index (χ0) is 17.4. The molecule has 0 aliphatic carbocycles. The number of aliphatic hydroxyl groups is 1. The van der Waals surface area contributed by atoms with Crippen LogP contribution in [0.1, 0.15) is 11.6 Å². The van der Waals surface area contributed by atoms with E-state index in [1.54, 1.807) is 7.11 Å². The number of nitrogens with one attached hydrogen (secondary N) is 1. The number of carbonyl (C=O) groups is 1. The largest absolute Gasteiger partial charge is 0.389 e. The molecule has 0 bridgehead atoms. The molecule has 2 unspecified atom stereocenters. The summed E-state index contributed by atoms with van der Waals surface area (Å²) in [6, 6.07) is 18.4. The normalized spacial score (nSPS) is 13.5. The number of hydrogen-bond acceptors (Lipinski definition) is 4. The molecule has 0 aliphatic rings. The van der Waals surface area contributed by atoms with E-state index in [9.17, 15) is 9.90 Å². The monoisotopic (exact) mass is 328 g/mol. The van der Waals surface area contributed by atoms with Crippen molar-refractivity contribution < 1.29 is 14.6 Å². The number of methoxy groups -OCH3 is 1. The molecule has 0 saturated heterocycles. The zero-order valence-electron chi connectivity index (χ0n) is 14.1. The third-order valence-electron chi connectivity index (χ3n) is 3.70. The fourth-order valence-corrected chi connectivity index (χ4v) is 2.66. The first-order valence-electron chi connectivity index (χ1n) is 7.90. The van der Waals surface area contributed by atoms with Crippen LogP contribution < -0.4 is 5.32 Å². The maximum atomic E-state index is 12.8. The highest BCUT2D eigenvalue weighted by Crippen LogP contribution is 2.22. The van der Waals surface area contributed by atoms with Crippen LogP contribution in [0.5, 0.6) is 0 Å². The van der Waals surface area contributed by atoms with Crippen molar-refractivity contribution in [1.82, 2.24) is 4.90 Å². The molecule has 0 fully saturated rings. The summed E-state index contributed by atoms with van der Waals surface area (Å²) in [7, 11) is 3.36. The van der Waals surface area contributed by atoms with Crippen molar-refractivity contribution in [1.29, 1.82) is 0 Å². The summed E-state index contributed by atoms with van der Waals surface area (Å²) in [5.74, 6) is -0.139. The smallest absolute Gasteiger partial charge is 0.246 e. The number of nitrogens with zero attached hydrogens (tertiary/aromatic N) is 1. The Morgan fingerprint density at radius 1 is 1.12 bits per heavy atom. The van der Waals surface area contributed by atoms with Gasteiger partial charge in [-0.3, -0.25) is 9.69 Å². The molecule has 5 heteroatoms. The van der Waals surface area contributed by atoms with Crippen LogP contribution in [0.3, 0.4) is 0 Å². The summed E-state index contributed by atoms with van der Waals surface area (Å²) in [4.78, 5) is 14.7. The van der Waals surface area contributed by atoms with Crippen LogP contribution in [0, 0.1) is 0 Å². The Balaban J connectivity index is 2.18. The molecule has 2 atom stereocenters. The van der Waals surface area contributed by atoms with Crippen LogP contribution >= 0.6 is 0 Å². The van der Waals surface area contributed by atoms with Crippen molar-refractivity contribution in [3.8, 4) is 0 Å². The second-order valence-corrected chi connectivity index (χ2v) is 5.72. The Labute approximate surface area is 142 Å². The Morgan fingerprint density at radius 2 is 1.71 bits per heavy atom. The van der Waals surface area contributed by atoms with Gasteiger partial charge in [0.2, 0.25) is 5.91 Å². The van der Waals surface area contributed by atoms with Crippen molar-refractivity contribution in [2.24, 2.45) is 0 Å². The van der Waals surface area contributed by atoms with Crippen molar-refractivity contribution >= 4 is 11.6 Å². The molecule has 2 rings (SSSR count). The number of benzene rings is 2. The maximum absolute atomic E-state index is 12.8. The lowest BCUT2D eigenvalue weighted by Crippen LogP contribution is -2.40. The van der Waals surface area contributed by atoms with E-state index in [-0.39, 0.29) is 12.5 Å². The number of likely N-dealkylation sites (N-methyl/N-ethyl adjacent to an activating group) is 1. The minimum atomic E-state index is -0.657. The fraction of sp³-hybridized carbons (Fsp3) is 0.316. The molecule has 0 aromatic heterocycles. The van der Waals surface area contributed by atoms with Gasteiger partial charge in [0.05, 0.1) is 12.7 Å². The average molecular weight is 328 g/mol. The lowest BCUT2D eigenvalue weighted by molar-refractivity contribution is -0.121. The number of para-hydroxylation sites is 1. The molecule has 5 nitrogen and oxygen atoms in total. The molecule has 128 valence electrons. The SMILES string of the molecule is COCC(O)CN(C)C(C(=O)Nc1ccccc1)c1ccccc1. The third kappa shape index (κ3) is 5.16. The molecule has 0 saturated carbocycles. The van der Waals surface area contributed by atoms with Gasteiger partial charge in [0.1, 0.15) is 6.04 Å². The van der Waals surface area contributed by atoms with Gasteiger partial charge in [-0.25, -0.2) is 0 Å². The minimum absolute atomic E-state index is 0.139. The van der Waals surface area contributed by atoms with E-state index in [2.05, 4.69) is 5.32 Å². The van der Waals surface area contributed by atoms with Gasteiger partial charge in [0.25, 0.3) is 0 Å². The predicted molar refractivity (Wildman–Crippen MR) is 94.8 cm³/mol. The Bertz CT molecular complexity index is 619. The van der Waals surface area contributed by atoms with E-state index in [1.807, 2.05) is 72.6 Å². The average Bonchev–Trinajstić information content (AvgIpc) is 2.57. The van der Waals surface area contributed by atoms with Crippen LogP contribution in [-0.4, -0.2) is 49.3 Å². The summed E-state index contributed by atoms with van der Waals surface area (Å²) < 4.78 is 4.97. The molecule has 0 radical (unpaired) electrons. The minimum Gasteiger partial charge on any atom is -0.389 e. The van der Waals surface area contributed by atoms with E-state index >= 15 is 0 Å². The van der Waals surface area contributed by atoms with Gasteiger partial charge < -0.3 is 15.2 Å². The van der Waals surface area contributed by atoms with Crippen molar-refractivity contribution in [3.63, 3.8) is 0 Å². The zero-order valence-corrected chi connectivity index (χ0v) is 14.1. The van der Waals surface area contributed by atoms with Crippen LogP contribution in [0.15, 0.2) is 60.7 Å². The maximum Gasteiger partial charge on any atom is 0.246 e. The van der Waals surface area contributed by atoms with Gasteiger partial charge in [-0.05, 0) is 24.7 Å². The molecule has 2 N–H and O–H groups in total. The standard InChI is InChI=1S/C19H24N2O3/c1-21(13-17(22)14-24-2)18(15-9-5-3-6-10-15)19(23)20-16-11-7-4-8-12-16/h3-12,17-18,22H,13-14H2,1-2H3,(H,20,23). The molecular weight excluding hydrogens is 304 g/mol. The van der Waals surface area contributed by atoms with Crippen LogP contribution in [0.2, 0.25) is 0 Å². The lowest BCUT2D eigenvalue weighted by Gasteiger charge is -2.29. The van der Waals surface area contributed by atoms with Crippen LogP contribution in [0.25, 0.3) is 0 Å². The Kier molecular flexibility index (Phi) is 6.93. The summed E-state index contributed by atoms with van der Waals surface area (Å²) in [5, 5.41) is 12.9. The molecule has 0 spiro atoms. The highest BCUT2D eigenvalue weighted by Gasteiger charge is 2.26. The van der Waals surface area contributed by atoms with Gasteiger partial charge in [-0.1, -0.05) is 48.5 Å². The second kappa shape index (κ2) is 9.17. The molecule has 0 heterocycles. The van der Waals surface area contributed by atoms with E-state index in [0.717, 1.165) is 11.3 Å². The number of hydrogen-bond donors (Lipinski definition) is 2. The first-order chi connectivity index (χ1) is 11.6. The van der Waals surface area contributed by atoms with Gasteiger partial charge in [-0.15, -0.1) is 0 Å². The predicted octanol–water partition coefficient (Wildman–Crippen LogP) is 2.31. The second-order valence-electron chi connectivity index (χ2n) is 5.72. The Hall–Kier alpha value is -2.21. The van der Waals surface area contributed by atoms with Gasteiger partial charge >= 0.3 is 0 Å².